The van der Waals surface area contributed by atoms with Gasteiger partial charge in [0.1, 0.15) is 0 Å². The molecule has 0 bridgehead atoms. The van der Waals surface area contributed by atoms with Gasteiger partial charge in [0.2, 0.25) is 0 Å². The molecule has 1 aliphatic rings. The van der Waals surface area contributed by atoms with Gasteiger partial charge in [0.05, 0.1) is 18.8 Å². The Bertz CT molecular complexity index is 434. The summed E-state index contributed by atoms with van der Waals surface area (Å²) >= 11 is 0. The van der Waals surface area contributed by atoms with Crippen LogP contribution in [-0.4, -0.2) is 42.5 Å². The summed E-state index contributed by atoms with van der Waals surface area (Å²) in [6.45, 7) is 9.09. The van der Waals surface area contributed by atoms with Gasteiger partial charge < -0.3 is 4.74 Å². The molecule has 1 fully saturated rings. The van der Waals surface area contributed by atoms with Gasteiger partial charge in [0, 0.05) is 18.7 Å². The number of carbonyl (C=O) groups excluding carboxylic acids is 1. The second kappa shape index (κ2) is 5.21. The molecule has 0 aromatic heterocycles. The topological polar surface area (TPSA) is 29.5 Å². The van der Waals surface area contributed by atoms with Crippen molar-refractivity contribution in [2.45, 2.75) is 26.3 Å². The van der Waals surface area contributed by atoms with E-state index in [4.69, 9.17) is 4.74 Å². The number of morpholine rings is 1. The minimum atomic E-state index is -0.461. The van der Waals surface area contributed by atoms with Gasteiger partial charge in [0.15, 0.2) is 5.78 Å². The van der Waals surface area contributed by atoms with Gasteiger partial charge in [-0.2, -0.15) is 0 Å². The molecule has 1 aromatic rings. The van der Waals surface area contributed by atoms with Crippen LogP contribution in [0.4, 0.5) is 0 Å². The lowest BCUT2D eigenvalue weighted by Gasteiger charge is -2.39. The molecular formula is C15H21NO2. The lowest BCUT2D eigenvalue weighted by Crippen LogP contribution is -2.54. The minimum Gasteiger partial charge on any atom is -0.379 e. The molecule has 1 heterocycles. The molecule has 0 unspecified atom stereocenters. The van der Waals surface area contributed by atoms with E-state index >= 15 is 0 Å². The first-order valence-corrected chi connectivity index (χ1v) is 6.46. The van der Waals surface area contributed by atoms with Crippen LogP contribution in [0.5, 0.6) is 0 Å². The molecule has 1 aliphatic heterocycles. The molecule has 0 radical (unpaired) electrons. The fraction of sp³-hybridized carbons (Fsp3) is 0.533. The van der Waals surface area contributed by atoms with Crippen molar-refractivity contribution < 1.29 is 9.53 Å². The van der Waals surface area contributed by atoms with Crippen LogP contribution in [0.15, 0.2) is 24.3 Å². The van der Waals surface area contributed by atoms with Crippen LogP contribution < -0.4 is 0 Å². The molecule has 0 N–H and O–H groups in total. The first kappa shape index (κ1) is 13.2. The molecule has 3 heteroatoms. The number of nitrogens with zero attached hydrogens (tertiary/aromatic N) is 1. The van der Waals surface area contributed by atoms with E-state index in [1.807, 2.05) is 45.0 Å². The number of hydrogen-bond acceptors (Lipinski definition) is 3. The third-order valence-corrected chi connectivity index (χ3v) is 3.64. The number of ether oxygens (including phenoxy) is 1. The molecule has 0 aliphatic carbocycles. The summed E-state index contributed by atoms with van der Waals surface area (Å²) in [6, 6.07) is 7.82. The lowest BCUT2D eigenvalue weighted by molar-refractivity contribution is -0.00430. The van der Waals surface area contributed by atoms with Crippen LogP contribution in [0.2, 0.25) is 0 Å². The predicted octanol–water partition coefficient (Wildman–Crippen LogP) is 2.29. The van der Waals surface area contributed by atoms with E-state index in [1.165, 1.54) is 0 Å². The van der Waals surface area contributed by atoms with Gasteiger partial charge in [-0.15, -0.1) is 0 Å². The Morgan fingerprint density at radius 2 is 1.94 bits per heavy atom. The first-order valence-electron chi connectivity index (χ1n) is 6.46. The number of carbonyl (C=O) groups is 1. The van der Waals surface area contributed by atoms with Crippen molar-refractivity contribution in [3.63, 3.8) is 0 Å². The van der Waals surface area contributed by atoms with Gasteiger partial charge in [-0.25, -0.2) is 0 Å². The Balaban J connectivity index is 2.20. The first-order chi connectivity index (χ1) is 8.51. The van der Waals surface area contributed by atoms with Gasteiger partial charge in [-0.1, -0.05) is 23.8 Å². The highest BCUT2D eigenvalue weighted by Crippen LogP contribution is 2.22. The average Bonchev–Trinajstić information content (AvgIpc) is 2.39. The fourth-order valence-electron chi connectivity index (χ4n) is 2.41. The van der Waals surface area contributed by atoms with Crippen molar-refractivity contribution >= 4 is 5.78 Å². The number of rotatable bonds is 3. The third kappa shape index (κ3) is 2.62. The average molecular weight is 247 g/mol. The molecule has 2 rings (SSSR count). The van der Waals surface area contributed by atoms with Crippen molar-refractivity contribution in [2.24, 2.45) is 0 Å². The van der Waals surface area contributed by atoms with Crippen LogP contribution in [-0.2, 0) is 4.74 Å². The number of ketones is 1. The van der Waals surface area contributed by atoms with E-state index in [2.05, 4.69) is 4.90 Å². The van der Waals surface area contributed by atoms with Gasteiger partial charge in [0.25, 0.3) is 0 Å². The minimum absolute atomic E-state index is 0.188. The number of benzene rings is 1. The Labute approximate surface area is 109 Å². The Hall–Kier alpha value is -1.19. The van der Waals surface area contributed by atoms with Crippen LogP contribution in [0.25, 0.3) is 0 Å². The maximum atomic E-state index is 12.6. The summed E-state index contributed by atoms with van der Waals surface area (Å²) in [6.07, 6.45) is 0. The maximum Gasteiger partial charge on any atom is 0.182 e. The summed E-state index contributed by atoms with van der Waals surface area (Å²) < 4.78 is 5.35. The molecule has 0 saturated carbocycles. The monoisotopic (exact) mass is 247 g/mol. The van der Waals surface area contributed by atoms with Crippen LogP contribution in [0.1, 0.15) is 29.8 Å². The number of hydrogen-bond donors (Lipinski definition) is 0. The zero-order chi connectivity index (χ0) is 13.2. The SMILES string of the molecule is Cc1cccc(C(=O)C(C)(C)N2CCOCC2)c1. The predicted molar refractivity (Wildman–Crippen MR) is 72.0 cm³/mol. The summed E-state index contributed by atoms with van der Waals surface area (Å²) in [5, 5.41) is 0. The molecule has 1 aromatic carbocycles. The highest BCUT2D eigenvalue weighted by Gasteiger charge is 2.35. The van der Waals surface area contributed by atoms with Gasteiger partial charge in [-0.05, 0) is 26.8 Å². The van der Waals surface area contributed by atoms with Crippen molar-refractivity contribution in [1.29, 1.82) is 0 Å². The molecule has 1 saturated heterocycles. The molecule has 18 heavy (non-hydrogen) atoms. The standard InChI is InChI=1S/C15H21NO2/c1-12-5-4-6-13(11-12)14(17)15(2,3)16-7-9-18-10-8-16/h4-6,11H,7-10H2,1-3H3. The van der Waals surface area contributed by atoms with Crippen molar-refractivity contribution in [3.05, 3.63) is 35.4 Å². The molecular weight excluding hydrogens is 226 g/mol. The quantitative estimate of drug-likeness (QED) is 0.768. The largest absolute Gasteiger partial charge is 0.379 e. The van der Waals surface area contributed by atoms with Gasteiger partial charge >= 0.3 is 0 Å². The number of Topliss-reactive ketones (excluding diaryl/α,β-unsaturated/α-hetero) is 1. The van der Waals surface area contributed by atoms with Crippen LogP contribution in [0, 0.1) is 6.92 Å². The van der Waals surface area contributed by atoms with Crippen molar-refractivity contribution in [2.75, 3.05) is 26.3 Å². The summed E-state index contributed by atoms with van der Waals surface area (Å²) in [4.78, 5) is 14.8. The van der Waals surface area contributed by atoms with E-state index in [-0.39, 0.29) is 5.78 Å². The van der Waals surface area contributed by atoms with Crippen molar-refractivity contribution in [3.8, 4) is 0 Å². The second-order valence-corrected chi connectivity index (χ2v) is 5.36. The van der Waals surface area contributed by atoms with E-state index in [0.717, 1.165) is 24.2 Å². The fourth-order valence-corrected chi connectivity index (χ4v) is 2.41. The van der Waals surface area contributed by atoms with E-state index < -0.39 is 5.54 Å². The number of aryl methyl sites for hydroxylation is 1. The molecule has 0 spiro atoms. The molecule has 98 valence electrons. The zero-order valence-corrected chi connectivity index (χ0v) is 11.4. The van der Waals surface area contributed by atoms with E-state index in [0.29, 0.717) is 13.2 Å². The summed E-state index contributed by atoms with van der Waals surface area (Å²) in [5.74, 6) is 0.188. The molecule has 3 nitrogen and oxygen atoms in total. The Kier molecular flexibility index (Phi) is 3.83. The zero-order valence-electron chi connectivity index (χ0n) is 11.4. The Morgan fingerprint density at radius 1 is 1.28 bits per heavy atom. The molecule has 0 amide bonds. The maximum absolute atomic E-state index is 12.6. The van der Waals surface area contributed by atoms with Crippen LogP contribution in [0.3, 0.4) is 0 Å². The van der Waals surface area contributed by atoms with E-state index in [9.17, 15) is 4.79 Å². The molecule has 0 atom stereocenters. The van der Waals surface area contributed by atoms with Crippen molar-refractivity contribution in [1.82, 2.24) is 4.90 Å². The Morgan fingerprint density at radius 3 is 2.56 bits per heavy atom. The van der Waals surface area contributed by atoms with Gasteiger partial charge in [-0.3, -0.25) is 9.69 Å². The van der Waals surface area contributed by atoms with E-state index in [1.54, 1.807) is 0 Å². The highest BCUT2D eigenvalue weighted by molar-refractivity contribution is 6.02. The highest BCUT2D eigenvalue weighted by atomic mass is 16.5. The lowest BCUT2D eigenvalue weighted by atomic mass is 9.90. The normalized spacial score (nSPS) is 17.7. The second-order valence-electron chi connectivity index (χ2n) is 5.36. The van der Waals surface area contributed by atoms with Crippen LogP contribution >= 0.6 is 0 Å². The third-order valence-electron chi connectivity index (χ3n) is 3.64. The summed E-state index contributed by atoms with van der Waals surface area (Å²) in [7, 11) is 0. The smallest absolute Gasteiger partial charge is 0.182 e. The summed E-state index contributed by atoms with van der Waals surface area (Å²) in [5.41, 5.74) is 1.46.